The topological polar surface area (TPSA) is 30.2 Å². The number of hydrogen-bond donors (Lipinski definition) is 0. The van der Waals surface area contributed by atoms with Crippen LogP contribution in [0.15, 0.2) is 12.1 Å². The maximum Gasteiger partial charge on any atom is 0.157 e. The van der Waals surface area contributed by atoms with E-state index in [4.69, 9.17) is 11.6 Å². The Kier molecular flexibility index (Phi) is 2.36. The fraction of sp³-hybridized carbons (Fsp3) is 0.500. The van der Waals surface area contributed by atoms with Crippen molar-refractivity contribution in [1.82, 2.24) is 14.6 Å². The van der Waals surface area contributed by atoms with E-state index in [0.717, 1.165) is 17.9 Å². The van der Waals surface area contributed by atoms with Gasteiger partial charge in [-0.15, -0.1) is 5.10 Å². The minimum atomic E-state index is 0.673. The van der Waals surface area contributed by atoms with E-state index >= 15 is 0 Å². The predicted octanol–water partition coefficient (Wildman–Crippen LogP) is 3.21. The zero-order valence-electron chi connectivity index (χ0n) is 9.28. The molecule has 3 rings (SSSR count). The molecule has 1 saturated carbocycles. The molecule has 16 heavy (non-hydrogen) atoms. The summed E-state index contributed by atoms with van der Waals surface area (Å²) in [6.45, 7) is 2.05. The quantitative estimate of drug-likeness (QED) is 0.749. The lowest BCUT2D eigenvalue weighted by molar-refractivity contribution is 0.419. The molecule has 0 saturated heterocycles. The molecular formula is C12H14ClN3. The predicted molar refractivity (Wildman–Crippen MR) is 64.0 cm³/mol. The molecule has 0 bridgehead atoms. The summed E-state index contributed by atoms with van der Waals surface area (Å²) in [7, 11) is 0. The van der Waals surface area contributed by atoms with Crippen LogP contribution in [0.1, 0.15) is 43.5 Å². The Morgan fingerprint density at radius 1 is 1.44 bits per heavy atom. The van der Waals surface area contributed by atoms with Crippen LogP contribution in [-0.2, 0) is 6.42 Å². The summed E-state index contributed by atoms with van der Waals surface area (Å²) in [6.07, 6.45) is 4.74. The number of pyridine rings is 1. The van der Waals surface area contributed by atoms with Crippen molar-refractivity contribution in [3.05, 3.63) is 28.7 Å². The van der Waals surface area contributed by atoms with Gasteiger partial charge in [0.05, 0.1) is 0 Å². The van der Waals surface area contributed by atoms with Gasteiger partial charge >= 0.3 is 0 Å². The number of rotatable bonds is 2. The van der Waals surface area contributed by atoms with E-state index in [1.807, 2.05) is 6.07 Å². The summed E-state index contributed by atoms with van der Waals surface area (Å²) in [5, 5.41) is 5.02. The highest BCUT2D eigenvalue weighted by atomic mass is 35.5. The summed E-state index contributed by atoms with van der Waals surface area (Å²) < 4.78 is 1.72. The first-order valence-corrected chi connectivity index (χ1v) is 6.21. The normalized spacial score (nSPS) is 16.6. The first-order valence-electron chi connectivity index (χ1n) is 5.83. The second kappa shape index (κ2) is 3.74. The molecule has 1 aliphatic carbocycles. The minimum absolute atomic E-state index is 0.673. The number of aryl methyl sites for hydroxylation is 1. The maximum absolute atomic E-state index is 6.22. The van der Waals surface area contributed by atoms with Gasteiger partial charge in [0.25, 0.3) is 0 Å². The fourth-order valence-electron chi connectivity index (χ4n) is 2.14. The summed E-state index contributed by atoms with van der Waals surface area (Å²) >= 11 is 6.22. The molecule has 0 aromatic carbocycles. The fourth-order valence-corrected chi connectivity index (χ4v) is 2.39. The van der Waals surface area contributed by atoms with Crippen LogP contribution in [0, 0.1) is 0 Å². The highest BCUT2D eigenvalue weighted by molar-refractivity contribution is 6.29. The van der Waals surface area contributed by atoms with Crippen molar-refractivity contribution in [2.75, 3.05) is 0 Å². The zero-order valence-corrected chi connectivity index (χ0v) is 10.0. The Morgan fingerprint density at radius 3 is 2.88 bits per heavy atom. The third-order valence-corrected chi connectivity index (χ3v) is 3.62. The SMILES string of the molecule is CCc1nc2cc(C3CCC3)cc(Cl)n2n1. The van der Waals surface area contributed by atoms with Crippen molar-refractivity contribution in [3.63, 3.8) is 0 Å². The molecule has 2 heterocycles. The van der Waals surface area contributed by atoms with Crippen LogP contribution in [0.5, 0.6) is 0 Å². The molecule has 0 aliphatic heterocycles. The molecule has 0 N–H and O–H groups in total. The second-order valence-corrected chi connectivity index (χ2v) is 4.78. The number of aromatic nitrogens is 3. The standard InChI is InChI=1S/C12H14ClN3/c1-2-11-14-12-7-9(8-4-3-5-8)6-10(13)16(12)15-11/h6-8H,2-5H2,1H3. The second-order valence-electron chi connectivity index (χ2n) is 4.39. The van der Waals surface area contributed by atoms with E-state index in [1.54, 1.807) is 4.52 Å². The lowest BCUT2D eigenvalue weighted by atomic mass is 9.80. The molecule has 1 aliphatic rings. The van der Waals surface area contributed by atoms with Gasteiger partial charge in [0.15, 0.2) is 11.5 Å². The first kappa shape index (κ1) is 10.1. The van der Waals surface area contributed by atoms with Gasteiger partial charge in [-0.2, -0.15) is 0 Å². The third-order valence-electron chi connectivity index (χ3n) is 3.35. The van der Waals surface area contributed by atoms with Crippen molar-refractivity contribution in [1.29, 1.82) is 0 Å². The Balaban J connectivity index is 2.12. The molecule has 2 aromatic rings. The van der Waals surface area contributed by atoms with Crippen LogP contribution in [0.25, 0.3) is 5.65 Å². The van der Waals surface area contributed by atoms with E-state index in [-0.39, 0.29) is 0 Å². The van der Waals surface area contributed by atoms with Gasteiger partial charge in [0.2, 0.25) is 0 Å². The molecule has 0 unspecified atom stereocenters. The molecular weight excluding hydrogens is 222 g/mol. The van der Waals surface area contributed by atoms with Gasteiger partial charge in [-0.05, 0) is 36.5 Å². The van der Waals surface area contributed by atoms with Crippen molar-refractivity contribution >= 4 is 17.2 Å². The summed E-state index contributed by atoms with van der Waals surface area (Å²) in [5.41, 5.74) is 2.20. The number of fused-ring (bicyclic) bond motifs is 1. The average Bonchev–Trinajstić information content (AvgIpc) is 2.58. The summed E-state index contributed by atoms with van der Waals surface area (Å²) in [4.78, 5) is 4.46. The molecule has 0 spiro atoms. The highest BCUT2D eigenvalue weighted by Gasteiger charge is 2.21. The van der Waals surface area contributed by atoms with Crippen LogP contribution < -0.4 is 0 Å². The van der Waals surface area contributed by atoms with Crippen molar-refractivity contribution in [3.8, 4) is 0 Å². The van der Waals surface area contributed by atoms with E-state index < -0.39 is 0 Å². The van der Waals surface area contributed by atoms with Crippen LogP contribution in [-0.4, -0.2) is 14.6 Å². The lowest BCUT2D eigenvalue weighted by Gasteiger charge is -2.25. The Morgan fingerprint density at radius 2 is 2.25 bits per heavy atom. The molecule has 2 aromatic heterocycles. The maximum atomic E-state index is 6.22. The lowest BCUT2D eigenvalue weighted by Crippen LogP contribution is -2.09. The first-order chi connectivity index (χ1) is 7.78. The Bertz CT molecular complexity index is 528. The van der Waals surface area contributed by atoms with E-state index in [0.29, 0.717) is 11.1 Å². The van der Waals surface area contributed by atoms with E-state index in [9.17, 15) is 0 Å². The Labute approximate surface area is 99.4 Å². The molecule has 0 amide bonds. The minimum Gasteiger partial charge on any atom is -0.212 e. The smallest absolute Gasteiger partial charge is 0.157 e. The number of hydrogen-bond acceptors (Lipinski definition) is 2. The third kappa shape index (κ3) is 1.50. The molecule has 4 heteroatoms. The van der Waals surface area contributed by atoms with Crippen LogP contribution in [0.2, 0.25) is 5.15 Å². The molecule has 3 nitrogen and oxygen atoms in total. The monoisotopic (exact) mass is 235 g/mol. The highest BCUT2D eigenvalue weighted by Crippen LogP contribution is 2.37. The van der Waals surface area contributed by atoms with Gasteiger partial charge in [-0.1, -0.05) is 24.9 Å². The van der Waals surface area contributed by atoms with E-state index in [1.165, 1.54) is 24.8 Å². The summed E-state index contributed by atoms with van der Waals surface area (Å²) in [6, 6.07) is 4.16. The van der Waals surface area contributed by atoms with Crippen molar-refractivity contribution in [2.45, 2.75) is 38.5 Å². The number of halogens is 1. The van der Waals surface area contributed by atoms with Gasteiger partial charge < -0.3 is 0 Å². The average molecular weight is 236 g/mol. The van der Waals surface area contributed by atoms with Gasteiger partial charge in [0, 0.05) is 6.42 Å². The van der Waals surface area contributed by atoms with Gasteiger partial charge in [-0.3, -0.25) is 0 Å². The largest absolute Gasteiger partial charge is 0.212 e. The van der Waals surface area contributed by atoms with Crippen LogP contribution in [0.3, 0.4) is 0 Å². The number of nitrogens with zero attached hydrogens (tertiary/aromatic N) is 3. The molecule has 84 valence electrons. The van der Waals surface area contributed by atoms with Crippen LogP contribution >= 0.6 is 11.6 Å². The van der Waals surface area contributed by atoms with Gasteiger partial charge in [0.1, 0.15) is 5.15 Å². The van der Waals surface area contributed by atoms with Crippen molar-refractivity contribution < 1.29 is 0 Å². The van der Waals surface area contributed by atoms with E-state index in [2.05, 4.69) is 23.1 Å². The van der Waals surface area contributed by atoms with Crippen molar-refractivity contribution in [2.24, 2.45) is 0 Å². The summed E-state index contributed by atoms with van der Waals surface area (Å²) in [5.74, 6) is 1.54. The molecule has 0 radical (unpaired) electrons. The molecule has 1 fully saturated rings. The zero-order chi connectivity index (χ0) is 11.1. The van der Waals surface area contributed by atoms with Crippen LogP contribution in [0.4, 0.5) is 0 Å². The Hall–Kier alpha value is -1.09. The molecule has 0 atom stereocenters. The van der Waals surface area contributed by atoms with Gasteiger partial charge in [-0.25, -0.2) is 9.50 Å².